The number of carbonyl (C=O) groups is 1. The van der Waals surface area contributed by atoms with Crippen LogP contribution in [0.25, 0.3) is 10.2 Å². The molecule has 7 heteroatoms. The predicted molar refractivity (Wildman–Crippen MR) is 110 cm³/mol. The van der Waals surface area contributed by atoms with Crippen LogP contribution >= 0.6 is 11.3 Å². The highest BCUT2D eigenvalue weighted by molar-refractivity contribution is 7.16. The highest BCUT2D eigenvalue weighted by Gasteiger charge is 2.19. The molecular weight excluding hydrogens is 358 g/mol. The minimum absolute atomic E-state index is 0.154. The molecule has 0 bridgehead atoms. The number of nitrogens with zero attached hydrogens (tertiary/aromatic N) is 3. The summed E-state index contributed by atoms with van der Waals surface area (Å²) in [6, 6.07) is 9.78. The van der Waals surface area contributed by atoms with Gasteiger partial charge in [0.2, 0.25) is 0 Å². The molecule has 0 atom stereocenters. The van der Waals surface area contributed by atoms with Crippen LogP contribution in [0.3, 0.4) is 0 Å². The zero-order valence-electron chi connectivity index (χ0n) is 15.1. The quantitative estimate of drug-likeness (QED) is 0.697. The summed E-state index contributed by atoms with van der Waals surface area (Å²) in [5.74, 6) is 0.662. The van der Waals surface area contributed by atoms with Crippen LogP contribution in [0, 0.1) is 5.92 Å². The molecule has 3 heterocycles. The summed E-state index contributed by atoms with van der Waals surface area (Å²) in [5.41, 5.74) is 4.75. The maximum absolute atomic E-state index is 12.1. The largest absolute Gasteiger partial charge is 0.371 e. The fourth-order valence-electron chi connectivity index (χ4n) is 3.54. The zero-order chi connectivity index (χ0) is 18.5. The first-order chi connectivity index (χ1) is 13.3. The fraction of sp³-hybridized carbons (Fsp3) is 0.350. The standard InChI is InChI=1S/C20H23N5OS/c26-20(24-16-1-2-19-18(13-16)23-14-27-19)22-10-3-15-6-11-25(12-7-15)17-4-8-21-9-5-17/h1-2,4-5,8-9,13-15H,3,6-7,10-12H2,(H2,22,24,26). The molecule has 1 fully saturated rings. The number of piperidine rings is 1. The smallest absolute Gasteiger partial charge is 0.319 e. The van der Waals surface area contributed by atoms with E-state index in [-0.39, 0.29) is 6.03 Å². The Morgan fingerprint density at radius 1 is 1.19 bits per heavy atom. The number of pyridine rings is 1. The van der Waals surface area contributed by atoms with Crippen molar-refractivity contribution in [2.75, 3.05) is 29.9 Å². The number of urea groups is 1. The first-order valence-electron chi connectivity index (χ1n) is 9.31. The number of rotatable bonds is 5. The van der Waals surface area contributed by atoms with Gasteiger partial charge in [0.05, 0.1) is 15.7 Å². The maximum Gasteiger partial charge on any atom is 0.319 e. The average Bonchev–Trinajstić information content (AvgIpc) is 3.17. The van der Waals surface area contributed by atoms with Crippen molar-refractivity contribution in [3.05, 3.63) is 48.2 Å². The second-order valence-electron chi connectivity index (χ2n) is 6.84. The van der Waals surface area contributed by atoms with Crippen LogP contribution in [0.4, 0.5) is 16.2 Å². The number of anilines is 2. The second kappa shape index (κ2) is 8.35. The summed E-state index contributed by atoms with van der Waals surface area (Å²) in [6.45, 7) is 2.83. The van der Waals surface area contributed by atoms with Gasteiger partial charge in [-0.2, -0.15) is 0 Å². The molecule has 1 aliphatic rings. The molecule has 3 aromatic rings. The van der Waals surface area contributed by atoms with Crippen LogP contribution in [-0.2, 0) is 0 Å². The molecule has 0 unspecified atom stereocenters. The van der Waals surface area contributed by atoms with Gasteiger partial charge in [-0.3, -0.25) is 4.98 Å². The lowest BCUT2D eigenvalue weighted by Crippen LogP contribution is -2.36. The van der Waals surface area contributed by atoms with Crippen LogP contribution in [0.2, 0.25) is 0 Å². The third-order valence-electron chi connectivity index (χ3n) is 5.07. The van der Waals surface area contributed by atoms with E-state index in [1.54, 1.807) is 11.3 Å². The molecule has 6 nitrogen and oxygen atoms in total. The lowest BCUT2D eigenvalue weighted by Gasteiger charge is -2.33. The van der Waals surface area contributed by atoms with Gasteiger partial charge in [0.15, 0.2) is 0 Å². The van der Waals surface area contributed by atoms with Gasteiger partial charge in [0.25, 0.3) is 0 Å². The molecule has 0 saturated carbocycles. The second-order valence-corrected chi connectivity index (χ2v) is 7.73. The first-order valence-corrected chi connectivity index (χ1v) is 10.2. The Morgan fingerprint density at radius 2 is 2.00 bits per heavy atom. The minimum atomic E-state index is -0.154. The summed E-state index contributed by atoms with van der Waals surface area (Å²) in [6.07, 6.45) is 7.02. The van der Waals surface area contributed by atoms with Crippen LogP contribution in [-0.4, -0.2) is 35.6 Å². The fourth-order valence-corrected chi connectivity index (χ4v) is 4.19. The molecule has 4 rings (SSSR count). The van der Waals surface area contributed by atoms with Crippen LogP contribution < -0.4 is 15.5 Å². The van der Waals surface area contributed by atoms with Gasteiger partial charge < -0.3 is 15.5 Å². The highest BCUT2D eigenvalue weighted by Crippen LogP contribution is 2.24. The van der Waals surface area contributed by atoms with E-state index in [9.17, 15) is 4.79 Å². The number of aromatic nitrogens is 2. The Balaban J connectivity index is 1.18. The Labute approximate surface area is 162 Å². The molecule has 140 valence electrons. The van der Waals surface area contributed by atoms with E-state index >= 15 is 0 Å². The predicted octanol–water partition coefficient (Wildman–Crippen LogP) is 4.12. The van der Waals surface area contributed by atoms with E-state index in [4.69, 9.17) is 0 Å². The normalized spacial score (nSPS) is 15.0. The molecule has 1 aliphatic heterocycles. The SMILES string of the molecule is O=C(NCCC1CCN(c2ccncc2)CC1)Nc1ccc2scnc2c1. The van der Waals surface area contributed by atoms with Crippen LogP contribution in [0.5, 0.6) is 0 Å². The van der Waals surface area contributed by atoms with E-state index in [1.807, 2.05) is 36.1 Å². The van der Waals surface area contributed by atoms with Crippen LogP contribution in [0.15, 0.2) is 48.2 Å². The summed E-state index contributed by atoms with van der Waals surface area (Å²) < 4.78 is 1.12. The zero-order valence-corrected chi connectivity index (χ0v) is 15.9. The Hall–Kier alpha value is -2.67. The van der Waals surface area contributed by atoms with Crippen molar-refractivity contribution in [2.45, 2.75) is 19.3 Å². The summed E-state index contributed by atoms with van der Waals surface area (Å²) in [5, 5.41) is 5.86. The Kier molecular flexibility index (Phi) is 5.48. The van der Waals surface area contributed by atoms with Gasteiger partial charge >= 0.3 is 6.03 Å². The molecule has 0 spiro atoms. The summed E-state index contributed by atoms with van der Waals surface area (Å²) in [7, 11) is 0. The number of thiazole rings is 1. The number of hydrogen-bond acceptors (Lipinski definition) is 5. The number of fused-ring (bicyclic) bond motifs is 1. The summed E-state index contributed by atoms with van der Waals surface area (Å²) in [4.78, 5) is 22.9. The number of hydrogen-bond donors (Lipinski definition) is 2. The maximum atomic E-state index is 12.1. The van der Waals surface area contributed by atoms with Gasteiger partial charge in [-0.05, 0) is 55.5 Å². The summed E-state index contributed by atoms with van der Waals surface area (Å²) >= 11 is 1.60. The Bertz CT molecular complexity index is 890. The molecule has 1 saturated heterocycles. The lowest BCUT2D eigenvalue weighted by atomic mass is 9.93. The molecule has 27 heavy (non-hydrogen) atoms. The number of carbonyl (C=O) groups excluding carboxylic acids is 1. The number of benzene rings is 1. The van der Waals surface area contributed by atoms with Crippen molar-refractivity contribution >= 4 is 39.0 Å². The van der Waals surface area contributed by atoms with Crippen molar-refractivity contribution in [3.63, 3.8) is 0 Å². The van der Waals surface area contributed by atoms with E-state index < -0.39 is 0 Å². The van der Waals surface area contributed by atoms with Gasteiger partial charge in [-0.15, -0.1) is 11.3 Å². The van der Waals surface area contributed by atoms with Gasteiger partial charge in [-0.25, -0.2) is 9.78 Å². The average molecular weight is 382 g/mol. The molecule has 0 aliphatic carbocycles. The molecule has 2 aromatic heterocycles. The molecule has 1 aromatic carbocycles. The van der Waals surface area contributed by atoms with Gasteiger partial charge in [-0.1, -0.05) is 0 Å². The van der Waals surface area contributed by atoms with Crippen LogP contribution in [0.1, 0.15) is 19.3 Å². The van der Waals surface area contributed by atoms with E-state index in [0.717, 1.165) is 48.3 Å². The van der Waals surface area contributed by atoms with Gasteiger partial charge in [0.1, 0.15) is 0 Å². The van der Waals surface area contributed by atoms with Crippen molar-refractivity contribution in [3.8, 4) is 0 Å². The highest BCUT2D eigenvalue weighted by atomic mass is 32.1. The van der Waals surface area contributed by atoms with Crippen molar-refractivity contribution in [2.24, 2.45) is 5.92 Å². The Morgan fingerprint density at radius 3 is 2.81 bits per heavy atom. The topological polar surface area (TPSA) is 70.2 Å². The lowest BCUT2D eigenvalue weighted by molar-refractivity contribution is 0.250. The third-order valence-corrected chi connectivity index (χ3v) is 5.88. The van der Waals surface area contributed by atoms with Crippen molar-refractivity contribution in [1.82, 2.24) is 15.3 Å². The minimum Gasteiger partial charge on any atom is -0.371 e. The number of amides is 2. The van der Waals surface area contributed by atoms with E-state index in [0.29, 0.717) is 12.5 Å². The van der Waals surface area contributed by atoms with E-state index in [2.05, 4.69) is 37.6 Å². The van der Waals surface area contributed by atoms with Gasteiger partial charge in [0, 0.05) is 43.4 Å². The molecule has 0 radical (unpaired) electrons. The number of nitrogens with one attached hydrogen (secondary N) is 2. The van der Waals surface area contributed by atoms with Crippen molar-refractivity contribution < 1.29 is 4.79 Å². The monoisotopic (exact) mass is 381 g/mol. The first kappa shape index (κ1) is 17.7. The molecular formula is C20H23N5OS. The third kappa shape index (κ3) is 4.54. The molecule has 2 amide bonds. The van der Waals surface area contributed by atoms with Crippen molar-refractivity contribution in [1.29, 1.82) is 0 Å². The molecule has 2 N–H and O–H groups in total. The van der Waals surface area contributed by atoms with E-state index in [1.165, 1.54) is 5.69 Å².